The molecule has 3 atom stereocenters. The average molecular weight is 268 g/mol. The summed E-state index contributed by atoms with van der Waals surface area (Å²) in [7, 11) is 0. The number of carbonyl (C=O) groups excluding carboxylic acids is 1. The standard InChI is InChI=1S/C19H24O/c1-12-6-8-14(9-7-12)11-15-16-10-13(2)19(5,17(15)20)18(16,3)4/h6-9,11,13,16H,10H2,1-5H3/b15-11+. The van der Waals surface area contributed by atoms with Crippen LogP contribution in [-0.2, 0) is 4.79 Å². The van der Waals surface area contributed by atoms with Crippen LogP contribution in [0.15, 0.2) is 29.8 Å². The summed E-state index contributed by atoms with van der Waals surface area (Å²) in [5.41, 5.74) is 3.36. The number of rotatable bonds is 1. The first-order valence-corrected chi connectivity index (χ1v) is 7.61. The molecule has 1 aromatic rings. The van der Waals surface area contributed by atoms with Crippen molar-refractivity contribution in [1.82, 2.24) is 0 Å². The second-order valence-corrected chi connectivity index (χ2v) is 7.45. The molecular weight excluding hydrogens is 244 g/mol. The van der Waals surface area contributed by atoms with Gasteiger partial charge in [-0.05, 0) is 47.8 Å². The maximum absolute atomic E-state index is 12.9. The number of hydrogen-bond acceptors (Lipinski definition) is 1. The third kappa shape index (κ3) is 1.52. The fraction of sp³-hybridized carbons (Fsp3) is 0.526. The lowest BCUT2D eigenvalue weighted by atomic mass is 9.66. The van der Waals surface area contributed by atoms with Crippen LogP contribution in [0.2, 0.25) is 0 Å². The third-order valence-electron chi connectivity index (χ3n) is 6.29. The van der Waals surface area contributed by atoms with Crippen LogP contribution in [0, 0.1) is 29.6 Å². The van der Waals surface area contributed by atoms with E-state index in [1.165, 1.54) is 5.56 Å². The Morgan fingerprint density at radius 1 is 1.15 bits per heavy atom. The molecule has 0 radical (unpaired) electrons. The second-order valence-electron chi connectivity index (χ2n) is 7.45. The molecule has 3 rings (SSSR count). The summed E-state index contributed by atoms with van der Waals surface area (Å²) in [5, 5.41) is 0. The van der Waals surface area contributed by atoms with E-state index < -0.39 is 0 Å². The molecule has 0 N–H and O–H groups in total. The Morgan fingerprint density at radius 3 is 2.25 bits per heavy atom. The van der Waals surface area contributed by atoms with Crippen molar-refractivity contribution in [2.75, 3.05) is 0 Å². The van der Waals surface area contributed by atoms with Gasteiger partial charge in [-0.2, -0.15) is 0 Å². The van der Waals surface area contributed by atoms with Gasteiger partial charge in [-0.25, -0.2) is 0 Å². The minimum Gasteiger partial charge on any atom is -0.294 e. The van der Waals surface area contributed by atoms with Crippen LogP contribution in [0.1, 0.15) is 45.2 Å². The molecule has 20 heavy (non-hydrogen) atoms. The lowest BCUT2D eigenvalue weighted by Gasteiger charge is -2.35. The molecule has 2 saturated carbocycles. The monoisotopic (exact) mass is 268 g/mol. The number of ketones is 1. The van der Waals surface area contributed by atoms with Gasteiger partial charge in [0.05, 0.1) is 0 Å². The van der Waals surface area contributed by atoms with E-state index in [0.717, 1.165) is 17.6 Å². The molecule has 2 fully saturated rings. The number of allylic oxidation sites excluding steroid dienone is 1. The van der Waals surface area contributed by atoms with Gasteiger partial charge in [0.1, 0.15) is 0 Å². The molecule has 2 bridgehead atoms. The predicted octanol–water partition coefficient (Wildman–Crippen LogP) is 4.65. The van der Waals surface area contributed by atoms with E-state index in [0.29, 0.717) is 17.6 Å². The van der Waals surface area contributed by atoms with Gasteiger partial charge >= 0.3 is 0 Å². The topological polar surface area (TPSA) is 17.1 Å². The van der Waals surface area contributed by atoms with Gasteiger partial charge in [0.2, 0.25) is 0 Å². The highest BCUT2D eigenvalue weighted by Crippen LogP contribution is 2.68. The summed E-state index contributed by atoms with van der Waals surface area (Å²) in [5.74, 6) is 1.29. The third-order valence-corrected chi connectivity index (χ3v) is 6.29. The lowest BCUT2D eigenvalue weighted by molar-refractivity contribution is -0.127. The summed E-state index contributed by atoms with van der Waals surface area (Å²) >= 11 is 0. The molecule has 0 amide bonds. The highest BCUT2D eigenvalue weighted by Gasteiger charge is 2.67. The van der Waals surface area contributed by atoms with E-state index in [9.17, 15) is 4.79 Å². The minimum absolute atomic E-state index is 0.0834. The van der Waals surface area contributed by atoms with Gasteiger partial charge in [-0.15, -0.1) is 0 Å². The Labute approximate surface area is 122 Å². The Balaban J connectivity index is 2.06. The van der Waals surface area contributed by atoms with Crippen molar-refractivity contribution in [3.63, 3.8) is 0 Å². The minimum atomic E-state index is -0.186. The number of benzene rings is 1. The summed E-state index contributed by atoms with van der Waals surface area (Å²) in [6, 6.07) is 8.44. The van der Waals surface area contributed by atoms with Crippen LogP contribution >= 0.6 is 0 Å². The van der Waals surface area contributed by atoms with Gasteiger partial charge in [-0.1, -0.05) is 57.5 Å². The molecule has 0 aliphatic heterocycles. The SMILES string of the molecule is Cc1ccc(/C=C2/C(=O)C3(C)C(C)CC2C3(C)C)cc1. The van der Waals surface area contributed by atoms with Gasteiger partial charge in [-0.3, -0.25) is 4.79 Å². The smallest absolute Gasteiger partial charge is 0.165 e. The van der Waals surface area contributed by atoms with E-state index in [1.54, 1.807) is 0 Å². The number of hydrogen-bond donors (Lipinski definition) is 0. The molecule has 106 valence electrons. The molecule has 0 saturated heterocycles. The van der Waals surface area contributed by atoms with Crippen LogP contribution < -0.4 is 0 Å². The van der Waals surface area contributed by atoms with Crippen molar-refractivity contribution in [1.29, 1.82) is 0 Å². The largest absolute Gasteiger partial charge is 0.294 e. The quantitative estimate of drug-likeness (QED) is 0.678. The van der Waals surface area contributed by atoms with Crippen LogP contribution in [0.5, 0.6) is 0 Å². The highest BCUT2D eigenvalue weighted by molar-refractivity contribution is 6.08. The van der Waals surface area contributed by atoms with E-state index in [4.69, 9.17) is 0 Å². The van der Waals surface area contributed by atoms with Crippen molar-refractivity contribution in [3.05, 3.63) is 41.0 Å². The van der Waals surface area contributed by atoms with E-state index >= 15 is 0 Å². The maximum Gasteiger partial charge on any atom is 0.165 e. The Bertz CT molecular complexity index is 591. The summed E-state index contributed by atoms with van der Waals surface area (Å²) in [6.07, 6.45) is 3.28. The highest BCUT2D eigenvalue weighted by atomic mass is 16.1. The van der Waals surface area contributed by atoms with Gasteiger partial charge in [0, 0.05) is 5.41 Å². The number of carbonyl (C=O) groups is 1. The van der Waals surface area contributed by atoms with Crippen LogP contribution in [0.25, 0.3) is 6.08 Å². The van der Waals surface area contributed by atoms with Crippen molar-refractivity contribution in [2.24, 2.45) is 22.7 Å². The van der Waals surface area contributed by atoms with Gasteiger partial charge in [0.25, 0.3) is 0 Å². The molecule has 0 spiro atoms. The molecule has 0 heterocycles. The van der Waals surface area contributed by atoms with Crippen molar-refractivity contribution >= 4 is 11.9 Å². The Kier molecular flexibility index (Phi) is 2.77. The predicted molar refractivity (Wildman–Crippen MR) is 83.3 cm³/mol. The second kappa shape index (κ2) is 4.07. The van der Waals surface area contributed by atoms with Crippen molar-refractivity contribution < 1.29 is 4.79 Å². The van der Waals surface area contributed by atoms with Crippen molar-refractivity contribution in [3.8, 4) is 0 Å². The first-order valence-electron chi connectivity index (χ1n) is 7.61. The lowest BCUT2D eigenvalue weighted by Crippen LogP contribution is -2.37. The van der Waals surface area contributed by atoms with Crippen LogP contribution in [0.3, 0.4) is 0 Å². The number of Topliss-reactive ketones (excluding diaryl/α,β-unsaturated/α-hetero) is 1. The number of fused-ring (bicyclic) bond motifs is 2. The first-order chi connectivity index (χ1) is 9.28. The summed E-state index contributed by atoms with van der Waals surface area (Å²) in [4.78, 5) is 12.9. The van der Waals surface area contributed by atoms with E-state index in [-0.39, 0.29) is 10.8 Å². The Morgan fingerprint density at radius 2 is 1.75 bits per heavy atom. The van der Waals surface area contributed by atoms with Gasteiger partial charge in [0.15, 0.2) is 5.78 Å². The zero-order chi connectivity index (χ0) is 14.7. The Hall–Kier alpha value is -1.37. The molecule has 1 aromatic carbocycles. The first kappa shape index (κ1) is 13.6. The zero-order valence-corrected chi connectivity index (χ0v) is 13.2. The molecule has 1 nitrogen and oxygen atoms in total. The maximum atomic E-state index is 12.9. The molecule has 3 unspecified atom stereocenters. The molecule has 2 aliphatic rings. The van der Waals surface area contributed by atoms with Crippen LogP contribution in [0.4, 0.5) is 0 Å². The molecule has 2 aliphatic carbocycles. The fourth-order valence-corrected chi connectivity index (χ4v) is 4.38. The molecule has 0 aromatic heterocycles. The normalized spacial score (nSPS) is 36.9. The van der Waals surface area contributed by atoms with Crippen LogP contribution in [-0.4, -0.2) is 5.78 Å². The molecular formula is C19H24O. The summed E-state index contributed by atoms with van der Waals surface area (Å²) in [6.45, 7) is 11.0. The van der Waals surface area contributed by atoms with E-state index in [2.05, 4.69) is 65.0 Å². The zero-order valence-electron chi connectivity index (χ0n) is 13.2. The fourth-order valence-electron chi connectivity index (χ4n) is 4.38. The number of aryl methyl sites for hydroxylation is 1. The average Bonchev–Trinajstić information content (AvgIpc) is 2.65. The molecule has 1 heteroatoms. The summed E-state index contributed by atoms with van der Waals surface area (Å²) < 4.78 is 0. The van der Waals surface area contributed by atoms with E-state index in [1.807, 2.05) is 0 Å². The van der Waals surface area contributed by atoms with Gasteiger partial charge < -0.3 is 0 Å². The van der Waals surface area contributed by atoms with Crippen molar-refractivity contribution in [2.45, 2.75) is 41.0 Å².